The molecule has 2 aliphatic heterocycles. The standard InChI is InChI=1S/C9H8Br2N2O4S/c10-1-3-5(9(16)17)13-7(15)4(12-2-14)8(13)18-6(3)11/h2,4,6,8H,1H2,(H,12,14)(H,16,17)/t4?,6?,8-/m1/s1. The Hall–Kier alpha value is -0.540. The predicted molar refractivity (Wildman–Crippen MR) is 72.4 cm³/mol. The monoisotopic (exact) mass is 398 g/mol. The highest BCUT2D eigenvalue weighted by Gasteiger charge is 2.55. The molecule has 2 rings (SSSR count). The van der Waals surface area contributed by atoms with E-state index in [0.717, 1.165) is 0 Å². The van der Waals surface area contributed by atoms with Crippen LogP contribution in [0.25, 0.3) is 0 Å². The van der Waals surface area contributed by atoms with Gasteiger partial charge in [0.05, 0.1) is 4.16 Å². The van der Waals surface area contributed by atoms with E-state index in [-0.39, 0.29) is 15.2 Å². The number of nitrogens with one attached hydrogen (secondary N) is 1. The summed E-state index contributed by atoms with van der Waals surface area (Å²) in [6.07, 6.45) is 0.452. The highest BCUT2D eigenvalue weighted by molar-refractivity contribution is 9.11. The highest BCUT2D eigenvalue weighted by Crippen LogP contribution is 2.46. The topological polar surface area (TPSA) is 86.7 Å². The Balaban J connectivity index is 2.37. The Kier molecular flexibility index (Phi) is 4.02. The molecule has 0 bridgehead atoms. The van der Waals surface area contributed by atoms with Gasteiger partial charge in [-0.3, -0.25) is 14.5 Å². The average molecular weight is 400 g/mol. The lowest BCUT2D eigenvalue weighted by Crippen LogP contribution is -2.70. The van der Waals surface area contributed by atoms with Crippen molar-refractivity contribution in [1.82, 2.24) is 10.2 Å². The summed E-state index contributed by atoms with van der Waals surface area (Å²) in [5, 5.41) is 11.6. The number of fused-ring (bicyclic) bond motifs is 1. The van der Waals surface area contributed by atoms with E-state index < -0.39 is 17.9 Å². The maximum Gasteiger partial charge on any atom is 0.352 e. The first kappa shape index (κ1) is 13.9. The molecule has 0 aromatic rings. The highest BCUT2D eigenvalue weighted by atomic mass is 79.9. The second kappa shape index (κ2) is 5.22. The number of carbonyl (C=O) groups excluding carboxylic acids is 2. The Morgan fingerprint density at radius 1 is 1.61 bits per heavy atom. The van der Waals surface area contributed by atoms with Crippen LogP contribution in [-0.2, 0) is 14.4 Å². The summed E-state index contributed by atoms with van der Waals surface area (Å²) in [7, 11) is 0. The van der Waals surface area contributed by atoms with E-state index in [4.69, 9.17) is 0 Å². The van der Waals surface area contributed by atoms with Crippen LogP contribution in [0.5, 0.6) is 0 Å². The Morgan fingerprint density at radius 2 is 2.28 bits per heavy atom. The number of alkyl halides is 2. The molecule has 2 unspecified atom stereocenters. The lowest BCUT2D eigenvalue weighted by atomic mass is 10.0. The van der Waals surface area contributed by atoms with Crippen LogP contribution < -0.4 is 5.32 Å². The normalized spacial score (nSPS) is 30.7. The molecule has 6 nitrogen and oxygen atoms in total. The first-order valence-corrected chi connectivity index (χ1v) is 7.85. The van der Waals surface area contributed by atoms with Crippen LogP contribution in [0.4, 0.5) is 0 Å². The van der Waals surface area contributed by atoms with Crippen molar-refractivity contribution < 1.29 is 19.5 Å². The van der Waals surface area contributed by atoms with Gasteiger partial charge in [-0.2, -0.15) is 0 Å². The minimum absolute atomic E-state index is 0.00792. The van der Waals surface area contributed by atoms with Crippen LogP contribution in [0.3, 0.4) is 0 Å². The molecule has 1 fully saturated rings. The van der Waals surface area contributed by atoms with E-state index in [1.54, 1.807) is 0 Å². The van der Waals surface area contributed by atoms with Crippen molar-refractivity contribution in [2.45, 2.75) is 15.6 Å². The Morgan fingerprint density at radius 3 is 2.78 bits per heavy atom. The van der Waals surface area contributed by atoms with Gasteiger partial charge in [0, 0.05) is 5.33 Å². The van der Waals surface area contributed by atoms with Crippen LogP contribution in [0, 0.1) is 0 Å². The molecule has 3 atom stereocenters. The number of amides is 2. The lowest BCUT2D eigenvalue weighted by Gasteiger charge is -2.50. The summed E-state index contributed by atoms with van der Waals surface area (Å²) in [6, 6.07) is -0.654. The van der Waals surface area contributed by atoms with E-state index in [1.165, 1.54) is 16.7 Å². The van der Waals surface area contributed by atoms with Gasteiger partial charge in [0.25, 0.3) is 5.91 Å². The molecular formula is C9H8Br2N2O4S. The molecule has 2 heterocycles. The summed E-state index contributed by atoms with van der Waals surface area (Å²) in [5.74, 6) is -1.54. The van der Waals surface area contributed by atoms with E-state index >= 15 is 0 Å². The van der Waals surface area contributed by atoms with Gasteiger partial charge >= 0.3 is 5.97 Å². The third kappa shape index (κ3) is 1.97. The van der Waals surface area contributed by atoms with Gasteiger partial charge < -0.3 is 10.4 Å². The van der Waals surface area contributed by atoms with Crippen molar-refractivity contribution >= 4 is 61.9 Å². The van der Waals surface area contributed by atoms with Crippen LogP contribution in [-0.4, -0.2) is 49.2 Å². The second-order valence-electron chi connectivity index (χ2n) is 3.63. The van der Waals surface area contributed by atoms with E-state index in [9.17, 15) is 19.5 Å². The first-order valence-electron chi connectivity index (χ1n) is 4.87. The molecule has 0 aromatic carbocycles. The second-order valence-corrected chi connectivity index (χ2v) is 6.93. The fourth-order valence-corrected chi connectivity index (χ4v) is 5.47. The zero-order valence-corrected chi connectivity index (χ0v) is 12.8. The van der Waals surface area contributed by atoms with Crippen LogP contribution in [0.15, 0.2) is 11.3 Å². The largest absolute Gasteiger partial charge is 0.477 e. The average Bonchev–Trinajstić information content (AvgIpc) is 2.34. The van der Waals surface area contributed by atoms with Crippen molar-refractivity contribution in [2.24, 2.45) is 0 Å². The summed E-state index contributed by atoms with van der Waals surface area (Å²) in [6.45, 7) is 0. The minimum atomic E-state index is -1.14. The summed E-state index contributed by atoms with van der Waals surface area (Å²) < 4.78 is -0.201. The Labute approximate surface area is 123 Å². The summed E-state index contributed by atoms with van der Waals surface area (Å²) in [5.41, 5.74) is 0.591. The first-order chi connectivity index (χ1) is 8.52. The number of halogens is 2. The van der Waals surface area contributed by atoms with Gasteiger partial charge in [-0.1, -0.05) is 31.9 Å². The fourth-order valence-electron chi connectivity index (χ4n) is 1.90. The molecule has 0 radical (unpaired) electrons. The number of carboxylic acid groups (broad SMARTS) is 1. The number of hydrogen-bond donors (Lipinski definition) is 2. The Bertz CT molecular complexity index is 456. The molecule has 18 heavy (non-hydrogen) atoms. The smallest absolute Gasteiger partial charge is 0.352 e. The van der Waals surface area contributed by atoms with E-state index in [1.807, 2.05) is 0 Å². The summed E-state index contributed by atoms with van der Waals surface area (Å²) in [4.78, 5) is 34.7. The van der Waals surface area contributed by atoms with Gasteiger partial charge in [-0.05, 0) is 5.57 Å². The predicted octanol–water partition coefficient (Wildman–Crippen LogP) is 0.471. The van der Waals surface area contributed by atoms with Crippen molar-refractivity contribution in [2.75, 3.05) is 5.33 Å². The molecule has 1 saturated heterocycles. The number of carboxylic acids is 1. The number of aliphatic carboxylic acids is 1. The van der Waals surface area contributed by atoms with Crippen LogP contribution in [0.2, 0.25) is 0 Å². The van der Waals surface area contributed by atoms with Crippen molar-refractivity contribution in [3.63, 3.8) is 0 Å². The molecule has 2 amide bonds. The molecule has 9 heteroatoms. The molecule has 2 N–H and O–H groups in total. The van der Waals surface area contributed by atoms with Gasteiger partial charge in [-0.25, -0.2) is 4.79 Å². The number of β-lactam (4-membered cyclic amide) rings is 1. The number of thioether (sulfide) groups is 1. The maximum absolute atomic E-state index is 11.8. The molecule has 0 spiro atoms. The van der Waals surface area contributed by atoms with E-state index in [0.29, 0.717) is 17.3 Å². The minimum Gasteiger partial charge on any atom is -0.477 e. The van der Waals surface area contributed by atoms with Gasteiger partial charge in [-0.15, -0.1) is 11.8 Å². The van der Waals surface area contributed by atoms with Gasteiger partial charge in [0.1, 0.15) is 17.1 Å². The number of hydrogen-bond acceptors (Lipinski definition) is 4. The van der Waals surface area contributed by atoms with Gasteiger partial charge in [0.2, 0.25) is 6.41 Å². The van der Waals surface area contributed by atoms with Crippen LogP contribution >= 0.6 is 43.6 Å². The number of carbonyl (C=O) groups is 3. The van der Waals surface area contributed by atoms with Crippen molar-refractivity contribution in [3.05, 3.63) is 11.3 Å². The molecule has 98 valence electrons. The molecule has 0 aliphatic carbocycles. The lowest BCUT2D eigenvalue weighted by molar-refractivity contribution is -0.149. The van der Waals surface area contributed by atoms with Gasteiger partial charge in [0.15, 0.2) is 0 Å². The molecule has 0 aromatic heterocycles. The summed E-state index contributed by atoms with van der Waals surface area (Å²) >= 11 is 8.00. The number of nitrogens with zero attached hydrogens (tertiary/aromatic N) is 1. The maximum atomic E-state index is 11.8. The molecule has 0 saturated carbocycles. The van der Waals surface area contributed by atoms with Crippen molar-refractivity contribution in [3.8, 4) is 0 Å². The zero-order valence-electron chi connectivity index (χ0n) is 8.80. The molecular weight excluding hydrogens is 392 g/mol. The third-order valence-electron chi connectivity index (χ3n) is 2.72. The number of rotatable bonds is 4. The fraction of sp³-hybridized carbons (Fsp3) is 0.444. The van der Waals surface area contributed by atoms with E-state index in [2.05, 4.69) is 37.2 Å². The SMILES string of the molecule is O=CNC1C(=O)N2C(C(=O)O)=C(CBr)C(Br)S[C@H]12. The van der Waals surface area contributed by atoms with Crippen LogP contribution in [0.1, 0.15) is 0 Å². The van der Waals surface area contributed by atoms with Crippen molar-refractivity contribution in [1.29, 1.82) is 0 Å². The third-order valence-corrected chi connectivity index (χ3v) is 5.80. The molecule has 2 aliphatic rings. The zero-order chi connectivity index (χ0) is 13.4. The quantitative estimate of drug-likeness (QED) is 0.407.